The summed E-state index contributed by atoms with van der Waals surface area (Å²) >= 11 is 0. The zero-order chi connectivity index (χ0) is 24.8. The quantitative estimate of drug-likeness (QED) is 0.165. The third-order valence-electron chi connectivity index (χ3n) is 5.03. The molecule has 0 aliphatic carbocycles. The van der Waals surface area contributed by atoms with Crippen molar-refractivity contribution in [3.8, 4) is 0 Å². The number of hydrogen-bond acceptors (Lipinski definition) is 6. The number of carboxylic acids is 1. The van der Waals surface area contributed by atoms with E-state index in [1.165, 1.54) is 38.5 Å². The predicted octanol–water partition coefficient (Wildman–Crippen LogP) is 4.10. The van der Waals surface area contributed by atoms with Gasteiger partial charge in [-0.15, -0.1) is 26.3 Å². The van der Waals surface area contributed by atoms with Gasteiger partial charge in [0.15, 0.2) is 6.29 Å². The summed E-state index contributed by atoms with van der Waals surface area (Å²) in [4.78, 5) is 25.3. The van der Waals surface area contributed by atoms with Crippen LogP contribution in [0.2, 0.25) is 0 Å². The van der Waals surface area contributed by atoms with Gasteiger partial charge in [0, 0.05) is 45.3 Å². The van der Waals surface area contributed by atoms with Crippen LogP contribution in [0.4, 0.5) is 0 Å². The Balaban J connectivity index is 6.01. The molecule has 1 amide bonds. The summed E-state index contributed by atoms with van der Waals surface area (Å²) in [5, 5.41) is 8.43. The average molecular weight is 489 g/mol. The molecule has 0 radical (unpaired) electrons. The summed E-state index contributed by atoms with van der Waals surface area (Å²) in [6.07, 6.45) is 5.89. The fraction of sp³-hybridized carbons (Fsp3) is 0.545. The molecule has 0 aromatic carbocycles. The van der Waals surface area contributed by atoms with Crippen molar-refractivity contribution in [2.45, 2.75) is 24.5 Å². The second-order valence-corrected chi connectivity index (χ2v) is 14.3. The van der Waals surface area contributed by atoms with Gasteiger partial charge < -0.3 is 28.6 Å². The fourth-order valence-corrected chi connectivity index (χ4v) is 12.0. The van der Waals surface area contributed by atoms with Crippen LogP contribution in [0.25, 0.3) is 0 Å². The Bertz CT molecular complexity index is 695. The van der Waals surface area contributed by atoms with E-state index in [0.717, 1.165) is 4.90 Å². The fourth-order valence-electron chi connectivity index (χ4n) is 3.62. The number of rotatable bonds is 19. The van der Waals surface area contributed by atoms with Crippen molar-refractivity contribution in [3.63, 3.8) is 0 Å². The van der Waals surface area contributed by atoms with Crippen molar-refractivity contribution < 1.29 is 33.3 Å². The molecule has 8 nitrogen and oxygen atoms in total. The number of allylic oxidation sites excluding steroid dienone is 4. The van der Waals surface area contributed by atoms with Gasteiger partial charge >= 0.3 is 5.97 Å². The summed E-state index contributed by atoms with van der Waals surface area (Å²) in [6.45, 7) is 14.1. The molecule has 0 atom stereocenters. The summed E-state index contributed by atoms with van der Waals surface area (Å²) in [6, 6.07) is 0. The summed E-state index contributed by atoms with van der Waals surface area (Å²) in [5.74, 6) is -1.67. The Morgan fingerprint density at radius 1 is 0.906 bits per heavy atom. The van der Waals surface area contributed by atoms with Crippen molar-refractivity contribution in [3.05, 3.63) is 50.6 Å². The van der Waals surface area contributed by atoms with E-state index in [4.69, 9.17) is 9.47 Å². The Morgan fingerprint density at radius 3 is 1.62 bits per heavy atom. The molecule has 1 N–H and O–H groups in total. The number of methoxy groups -OCH3 is 2. The second kappa shape index (κ2) is 15.2. The van der Waals surface area contributed by atoms with Crippen LogP contribution < -0.4 is 0 Å². The first kappa shape index (κ1) is 30.3. The van der Waals surface area contributed by atoms with Gasteiger partial charge in [-0.2, -0.15) is 0 Å². The lowest BCUT2D eigenvalue weighted by Gasteiger charge is -2.33. The van der Waals surface area contributed by atoms with Gasteiger partial charge in [0.1, 0.15) is 20.8 Å². The molecule has 0 fully saturated rings. The molecule has 0 aromatic rings. The molecule has 182 valence electrons. The smallest absolute Gasteiger partial charge is 0.323 e. The number of carboxylic acid groups (broad SMARTS) is 1. The first-order chi connectivity index (χ1) is 15.1. The van der Waals surface area contributed by atoms with E-state index in [0.29, 0.717) is 0 Å². The molecular weight excluding hydrogens is 452 g/mol. The summed E-state index contributed by atoms with van der Waals surface area (Å²) in [5.41, 5.74) is 0. The average Bonchev–Trinajstić information content (AvgIpc) is 2.71. The third-order valence-corrected chi connectivity index (χ3v) is 13.7. The highest BCUT2D eigenvalue weighted by Crippen LogP contribution is 2.69. The van der Waals surface area contributed by atoms with Crippen LogP contribution in [-0.4, -0.2) is 85.5 Å². The molecule has 0 heterocycles. The molecule has 0 rings (SSSR count). The van der Waals surface area contributed by atoms with Gasteiger partial charge in [-0.3, -0.25) is 9.59 Å². The monoisotopic (exact) mass is 489 g/mol. The minimum atomic E-state index is -3.09. The normalized spacial score (nSPS) is 11.9. The molecule has 10 heteroatoms. The molecule has 0 spiro atoms. The van der Waals surface area contributed by atoms with Gasteiger partial charge in [0.2, 0.25) is 5.91 Å². The highest BCUT2D eigenvalue weighted by molar-refractivity contribution is 7.82. The Hall–Kier alpha value is -1.72. The Kier molecular flexibility index (Phi) is 14.4. The maximum atomic E-state index is 13.9. The number of carbonyl (C=O) groups excluding carboxylic acids is 1. The lowest BCUT2D eigenvalue weighted by Crippen LogP contribution is -2.42. The zero-order valence-electron chi connectivity index (χ0n) is 19.2. The van der Waals surface area contributed by atoms with Gasteiger partial charge in [-0.1, -0.05) is 24.3 Å². The first-order valence-electron chi connectivity index (χ1n) is 10.2. The standard InChI is InChI=1S/C22H37NO7P2/c1-7-13-31(27,14-8-2)22(32(28,15-9-3)16-10-4)12-11-19(24)23(17-20(25)26)18-21(29-5)30-6/h7-10,21-22H,1-4,11-18H2,5-6H3,(H,25,26). The predicted molar refractivity (Wildman–Crippen MR) is 131 cm³/mol. The van der Waals surface area contributed by atoms with Gasteiger partial charge in [0.05, 0.1) is 11.9 Å². The number of aliphatic carboxylic acids is 1. The number of carbonyl (C=O) groups is 2. The number of nitrogens with zero attached hydrogens (tertiary/aromatic N) is 1. The van der Waals surface area contributed by atoms with Gasteiger partial charge in [-0.05, 0) is 6.42 Å². The first-order valence-corrected chi connectivity index (χ1v) is 14.5. The maximum absolute atomic E-state index is 13.9. The SMILES string of the molecule is C=CCP(=O)(CC=C)C(CCC(=O)N(CC(=O)O)CC(OC)OC)P(=O)(CC=C)CC=C. The van der Waals surface area contributed by atoms with Crippen LogP contribution in [0.3, 0.4) is 0 Å². The topological polar surface area (TPSA) is 110 Å². The van der Waals surface area contributed by atoms with E-state index < -0.39 is 44.4 Å². The number of hydrogen-bond donors (Lipinski definition) is 1. The van der Waals surface area contributed by atoms with Crippen LogP contribution in [0.15, 0.2) is 50.6 Å². The summed E-state index contributed by atoms with van der Waals surface area (Å²) in [7, 11) is -3.42. The molecule has 0 aliphatic rings. The summed E-state index contributed by atoms with van der Waals surface area (Å²) < 4.78 is 38.0. The highest BCUT2D eigenvalue weighted by Gasteiger charge is 2.43. The minimum Gasteiger partial charge on any atom is -0.480 e. The second-order valence-electron chi connectivity index (χ2n) is 7.38. The molecule has 0 unspecified atom stereocenters. The Labute approximate surface area is 191 Å². The van der Waals surface area contributed by atoms with Crippen molar-refractivity contribution in [2.24, 2.45) is 0 Å². The molecule has 0 bridgehead atoms. The van der Waals surface area contributed by atoms with Crippen molar-refractivity contribution >= 4 is 26.2 Å². The largest absolute Gasteiger partial charge is 0.480 e. The van der Waals surface area contributed by atoms with E-state index >= 15 is 0 Å². The van der Waals surface area contributed by atoms with E-state index in [9.17, 15) is 23.8 Å². The lowest BCUT2D eigenvalue weighted by molar-refractivity contribution is -0.153. The van der Waals surface area contributed by atoms with Crippen molar-refractivity contribution in [1.29, 1.82) is 0 Å². The van der Waals surface area contributed by atoms with E-state index in [2.05, 4.69) is 26.3 Å². The van der Waals surface area contributed by atoms with E-state index in [1.54, 1.807) is 0 Å². The Morgan fingerprint density at radius 2 is 1.31 bits per heavy atom. The number of amides is 1. The third kappa shape index (κ3) is 9.41. The van der Waals surface area contributed by atoms with Crippen LogP contribution in [-0.2, 0) is 28.2 Å². The molecule has 0 saturated heterocycles. The maximum Gasteiger partial charge on any atom is 0.323 e. The molecule has 0 aliphatic heterocycles. The molecule has 32 heavy (non-hydrogen) atoms. The molecular formula is C22H37NO7P2. The van der Waals surface area contributed by atoms with Crippen LogP contribution in [0.5, 0.6) is 0 Å². The molecule has 0 saturated carbocycles. The van der Waals surface area contributed by atoms with Gasteiger partial charge in [-0.25, -0.2) is 0 Å². The van der Waals surface area contributed by atoms with Crippen LogP contribution >= 0.6 is 14.3 Å². The van der Waals surface area contributed by atoms with Crippen molar-refractivity contribution in [2.75, 3.05) is 52.0 Å². The van der Waals surface area contributed by atoms with Crippen molar-refractivity contribution in [1.82, 2.24) is 4.90 Å². The zero-order valence-corrected chi connectivity index (χ0v) is 21.0. The van der Waals surface area contributed by atoms with Gasteiger partial charge in [0.25, 0.3) is 0 Å². The van der Waals surface area contributed by atoms with E-state index in [1.807, 2.05) is 0 Å². The van der Waals surface area contributed by atoms with Crippen LogP contribution in [0.1, 0.15) is 12.8 Å². The molecule has 0 aromatic heterocycles. The minimum absolute atomic E-state index is 0.0670. The van der Waals surface area contributed by atoms with Crippen LogP contribution in [0, 0.1) is 0 Å². The van der Waals surface area contributed by atoms with E-state index in [-0.39, 0.29) is 44.0 Å². The highest BCUT2D eigenvalue weighted by atomic mass is 31.2. The number of ether oxygens (including phenoxy) is 2. The lowest BCUT2D eigenvalue weighted by atomic mass is 10.3.